The number of hydrogen-bond acceptors (Lipinski definition) is 12. The molecular weight excluding hydrogens is 888 g/mol. The summed E-state index contributed by atoms with van der Waals surface area (Å²) in [4.78, 5) is 59.5. The van der Waals surface area contributed by atoms with Crippen molar-refractivity contribution in [3.63, 3.8) is 0 Å². The van der Waals surface area contributed by atoms with Gasteiger partial charge in [-0.2, -0.15) is 18.0 Å². The molecule has 17 nitrogen and oxygen atoms in total. The SMILES string of the molecule is CCN(C)S(=O)(=O)Nc1ccc(F)c(Oc2ccc3ncn([C@@H]4COC5(CCN(C(=O)CN6CCC(c7ccc(NC8CCC(=O)NC8=O)cc7F)CC6)CC5)C4)c(=O)c3c2Cl)c1C#N. The van der Waals surface area contributed by atoms with Gasteiger partial charge in [-0.25, -0.2) is 13.8 Å². The van der Waals surface area contributed by atoms with E-state index in [0.29, 0.717) is 76.0 Å². The molecule has 3 N–H and O–H groups in total. The number of rotatable bonds is 12. The van der Waals surface area contributed by atoms with Crippen molar-refractivity contribution in [3.05, 3.63) is 86.9 Å². The van der Waals surface area contributed by atoms with Crippen LogP contribution in [0.4, 0.5) is 20.2 Å². The summed E-state index contributed by atoms with van der Waals surface area (Å²) in [6.07, 6.45) is 4.98. The van der Waals surface area contributed by atoms with Gasteiger partial charge in [-0.15, -0.1) is 0 Å². The van der Waals surface area contributed by atoms with Gasteiger partial charge in [0.2, 0.25) is 17.7 Å². The number of benzene rings is 3. The highest BCUT2D eigenvalue weighted by Gasteiger charge is 2.44. The monoisotopic (exact) mass is 935 g/mol. The summed E-state index contributed by atoms with van der Waals surface area (Å²) in [5.41, 5.74) is -0.375. The van der Waals surface area contributed by atoms with E-state index in [1.165, 1.54) is 36.1 Å². The van der Waals surface area contributed by atoms with Crippen molar-refractivity contribution < 1.29 is 41.1 Å². The third kappa shape index (κ3) is 9.52. The average Bonchev–Trinajstić information content (AvgIpc) is 3.69. The lowest BCUT2D eigenvalue weighted by atomic mass is 9.87. The van der Waals surface area contributed by atoms with E-state index < -0.39 is 56.5 Å². The van der Waals surface area contributed by atoms with Gasteiger partial charge in [-0.1, -0.05) is 24.6 Å². The van der Waals surface area contributed by atoms with Gasteiger partial charge in [0, 0.05) is 38.8 Å². The van der Waals surface area contributed by atoms with Crippen LogP contribution < -0.4 is 25.7 Å². The number of imide groups is 1. The molecule has 0 aliphatic carbocycles. The molecule has 2 atom stereocenters. The fourth-order valence-corrected chi connectivity index (χ4v) is 10.3. The number of halogens is 3. The number of amides is 3. The highest BCUT2D eigenvalue weighted by atomic mass is 35.5. The molecule has 0 saturated carbocycles. The molecule has 3 amide bonds. The zero-order valence-corrected chi connectivity index (χ0v) is 37.3. The number of aromatic nitrogens is 2. The van der Waals surface area contributed by atoms with Crippen LogP contribution in [-0.4, -0.2) is 114 Å². The third-order valence-electron chi connectivity index (χ3n) is 13.0. The zero-order valence-electron chi connectivity index (χ0n) is 35.7. The predicted molar refractivity (Wildman–Crippen MR) is 236 cm³/mol. The predicted octanol–water partition coefficient (Wildman–Crippen LogP) is 5.02. The molecule has 4 fully saturated rings. The summed E-state index contributed by atoms with van der Waals surface area (Å²) in [7, 11) is -2.73. The molecule has 3 aromatic carbocycles. The van der Waals surface area contributed by atoms with E-state index in [-0.39, 0.29) is 77.0 Å². The minimum absolute atomic E-state index is 0.000201. The fourth-order valence-electron chi connectivity index (χ4n) is 9.04. The minimum Gasteiger partial charge on any atom is -0.451 e. The van der Waals surface area contributed by atoms with E-state index in [2.05, 4.69) is 25.2 Å². The van der Waals surface area contributed by atoms with Gasteiger partial charge in [-0.05, 0) is 99.5 Å². The summed E-state index contributed by atoms with van der Waals surface area (Å²) in [6.45, 7) is 4.44. The first-order valence-corrected chi connectivity index (χ1v) is 23.3. The van der Waals surface area contributed by atoms with Gasteiger partial charge in [-0.3, -0.25) is 38.7 Å². The molecule has 1 unspecified atom stereocenters. The maximum Gasteiger partial charge on any atom is 0.301 e. The van der Waals surface area contributed by atoms with E-state index >= 15 is 8.78 Å². The Morgan fingerprint density at radius 2 is 1.83 bits per heavy atom. The van der Waals surface area contributed by atoms with Gasteiger partial charge in [0.15, 0.2) is 11.6 Å². The summed E-state index contributed by atoms with van der Waals surface area (Å²) in [5.74, 6) is -2.81. The molecule has 4 aliphatic rings. The number of fused-ring (bicyclic) bond motifs is 1. The number of nitrogens with zero attached hydrogens (tertiary/aromatic N) is 6. The number of ether oxygens (including phenoxy) is 2. The molecule has 1 aromatic heterocycles. The van der Waals surface area contributed by atoms with Gasteiger partial charge < -0.3 is 19.7 Å². The Balaban J connectivity index is 0.862. The first kappa shape index (κ1) is 45.8. The Bertz CT molecular complexity index is 2750. The van der Waals surface area contributed by atoms with Crippen LogP contribution in [0.1, 0.15) is 75.0 Å². The first-order chi connectivity index (χ1) is 31.1. The number of carbonyl (C=O) groups excluding carboxylic acids is 3. The van der Waals surface area contributed by atoms with Gasteiger partial charge in [0.1, 0.15) is 29.2 Å². The lowest BCUT2D eigenvalue weighted by Gasteiger charge is -2.40. The van der Waals surface area contributed by atoms with Crippen LogP contribution in [-0.2, 0) is 29.3 Å². The van der Waals surface area contributed by atoms with Crippen molar-refractivity contribution >= 4 is 61.8 Å². The Labute approximate surface area is 378 Å². The Kier molecular flexibility index (Phi) is 13.1. The molecule has 4 saturated heterocycles. The van der Waals surface area contributed by atoms with Crippen LogP contribution >= 0.6 is 11.6 Å². The van der Waals surface area contributed by atoms with E-state index in [0.717, 1.165) is 16.4 Å². The second-order valence-electron chi connectivity index (χ2n) is 16.9. The normalized spacial score (nSPS) is 20.5. The number of piperidine rings is 3. The molecule has 8 rings (SSSR count). The standard InChI is InChI=1S/C44H48ClF2N9O8S/c1-3-53(2)65(61,62)52-33-7-6-31(46)41(30(33)22-48)64-36-10-8-34-39(40(36)45)43(60)56(25-49-34)28-21-44(63-24-28)14-18-55(19-15-44)38(58)23-54-16-12-26(13-17-54)29-5-4-27(20-32(29)47)50-35-9-11-37(57)51-42(35)59/h4-8,10,20,25-26,28,35,50,52H,3,9,11-19,21,23-24H2,1-2H3,(H,51,57,59)/t28-,35?/m0/s1. The Hall–Kier alpha value is -5.72. The van der Waals surface area contributed by atoms with Crippen molar-refractivity contribution in [1.82, 2.24) is 29.0 Å². The van der Waals surface area contributed by atoms with Crippen molar-refractivity contribution in [3.8, 4) is 17.6 Å². The van der Waals surface area contributed by atoms with E-state index in [1.807, 2.05) is 4.90 Å². The van der Waals surface area contributed by atoms with Crippen molar-refractivity contribution in [2.45, 2.75) is 75.5 Å². The van der Waals surface area contributed by atoms with E-state index in [1.54, 1.807) is 25.1 Å². The van der Waals surface area contributed by atoms with Crippen LogP contribution in [0.2, 0.25) is 5.02 Å². The van der Waals surface area contributed by atoms with Crippen LogP contribution in [0.3, 0.4) is 0 Å². The van der Waals surface area contributed by atoms with Crippen molar-refractivity contribution in [1.29, 1.82) is 5.26 Å². The van der Waals surface area contributed by atoms with Gasteiger partial charge in [0.05, 0.1) is 52.7 Å². The summed E-state index contributed by atoms with van der Waals surface area (Å²) in [5, 5.41) is 15.1. The zero-order chi connectivity index (χ0) is 46.2. The molecule has 4 aliphatic heterocycles. The summed E-state index contributed by atoms with van der Waals surface area (Å²) >= 11 is 6.76. The molecule has 0 bridgehead atoms. The number of likely N-dealkylation sites (tertiary alicyclic amines) is 2. The van der Waals surface area contributed by atoms with Gasteiger partial charge in [0.25, 0.3) is 5.56 Å². The number of anilines is 2. The quantitative estimate of drug-likeness (QED) is 0.160. The Morgan fingerprint density at radius 1 is 1.08 bits per heavy atom. The first-order valence-electron chi connectivity index (χ1n) is 21.5. The van der Waals surface area contributed by atoms with Gasteiger partial charge >= 0.3 is 10.2 Å². The van der Waals surface area contributed by atoms with Crippen LogP contribution in [0.15, 0.2) is 53.6 Å². The highest BCUT2D eigenvalue weighted by molar-refractivity contribution is 7.90. The third-order valence-corrected chi connectivity index (χ3v) is 14.9. The van der Waals surface area contributed by atoms with Crippen molar-refractivity contribution in [2.75, 3.05) is 63.0 Å². The van der Waals surface area contributed by atoms with Crippen LogP contribution in [0.25, 0.3) is 10.9 Å². The highest BCUT2D eigenvalue weighted by Crippen LogP contribution is 2.42. The summed E-state index contributed by atoms with van der Waals surface area (Å²) in [6, 6.07) is 10.6. The molecule has 4 aromatic rings. The average molecular weight is 936 g/mol. The largest absolute Gasteiger partial charge is 0.451 e. The second-order valence-corrected chi connectivity index (χ2v) is 19.1. The minimum atomic E-state index is -4.07. The van der Waals surface area contributed by atoms with Crippen LogP contribution in [0, 0.1) is 23.0 Å². The lowest BCUT2D eigenvalue weighted by Crippen LogP contribution is -2.50. The maximum atomic E-state index is 15.3. The smallest absolute Gasteiger partial charge is 0.301 e. The van der Waals surface area contributed by atoms with E-state index in [9.17, 15) is 32.9 Å². The second kappa shape index (κ2) is 18.6. The molecule has 65 heavy (non-hydrogen) atoms. The lowest BCUT2D eigenvalue weighted by molar-refractivity contribution is -0.137. The Morgan fingerprint density at radius 3 is 2.52 bits per heavy atom. The molecule has 0 radical (unpaired) electrons. The topological polar surface area (TPSA) is 208 Å². The van der Waals surface area contributed by atoms with Crippen molar-refractivity contribution in [2.24, 2.45) is 0 Å². The number of hydrogen-bond donors (Lipinski definition) is 3. The summed E-state index contributed by atoms with van der Waals surface area (Å²) < 4.78 is 72.8. The fraction of sp³-hybridized carbons (Fsp3) is 0.455. The molecular formula is C44H48ClF2N9O8S. The number of carbonyl (C=O) groups is 3. The number of nitrogens with one attached hydrogen (secondary N) is 3. The molecule has 1 spiro atoms. The van der Waals surface area contributed by atoms with Crippen LogP contribution in [0.5, 0.6) is 11.5 Å². The number of nitriles is 1. The van der Waals surface area contributed by atoms with E-state index in [4.69, 9.17) is 21.1 Å². The molecule has 5 heterocycles. The molecule has 344 valence electrons. The maximum absolute atomic E-state index is 15.3. The molecule has 21 heteroatoms.